The number of fused-ring (bicyclic) bond motifs is 4. The van der Waals surface area contributed by atoms with Crippen LogP contribution in [-0.2, 0) is 99.7 Å². The molecule has 2 aromatic heterocycles. The number of hydrogen-bond acceptors (Lipinski definition) is 21. The van der Waals surface area contributed by atoms with Gasteiger partial charge < -0.3 is 90.8 Å². The van der Waals surface area contributed by atoms with Gasteiger partial charge in [-0.2, -0.15) is 0 Å². The van der Waals surface area contributed by atoms with Crippen LogP contribution in [0.15, 0.2) is 115 Å². The van der Waals surface area contributed by atoms with Gasteiger partial charge in [-0.05, 0) is 109 Å². The molecule has 10 N–H and O–H groups in total. The average Bonchev–Trinajstić information content (AvgIpc) is 1.72. The second-order valence-electron chi connectivity index (χ2n) is 25.8. The van der Waals surface area contributed by atoms with Gasteiger partial charge in [0.15, 0.2) is 0 Å². The SMILES string of the molecule is COC(=O)C[C@@H]1Nc2ccc(C(=O)N(C)Cc3nc4ccccc4[nH]3)cc2CN(CCCNC(=O)CC[C@H](NC(=O)[C@H](CCC(=O)N[C@@H](CCC(=O)NCCCN2Cc3cc(C(=O)N(C)Cc4nc5ccccc5[nH]4)ccc3N[C@@H](CC(=O)OC)C2=O)C(=O)OC)NC(=O)OCc2ccccc2)C(=O)O)C1=O. The van der Waals surface area contributed by atoms with Crippen molar-refractivity contribution in [2.24, 2.45) is 0 Å². The fourth-order valence-corrected chi connectivity index (χ4v) is 12.2. The number of aromatic nitrogens is 4. The zero-order valence-corrected chi connectivity index (χ0v) is 59.9. The van der Waals surface area contributed by atoms with Gasteiger partial charge in [0.1, 0.15) is 48.5 Å². The van der Waals surface area contributed by atoms with Gasteiger partial charge >= 0.3 is 30.0 Å². The third-order valence-electron chi connectivity index (χ3n) is 17.9. The molecule has 0 bridgehead atoms. The van der Waals surface area contributed by atoms with Crippen molar-refractivity contribution in [3.05, 3.63) is 155 Å². The van der Waals surface area contributed by atoms with Crippen molar-refractivity contribution in [3.63, 3.8) is 0 Å². The van der Waals surface area contributed by atoms with E-state index in [0.717, 1.165) is 29.2 Å². The summed E-state index contributed by atoms with van der Waals surface area (Å²) in [6, 6.07) is 26.6. The molecule has 9 amide bonds. The van der Waals surface area contributed by atoms with E-state index < -0.39 is 121 Å². The van der Waals surface area contributed by atoms with E-state index in [1.165, 1.54) is 33.8 Å². The number of hydrogen-bond donors (Lipinski definition) is 10. The van der Waals surface area contributed by atoms with Crippen LogP contribution in [0.25, 0.3) is 22.1 Å². The van der Waals surface area contributed by atoms with E-state index in [1.807, 2.05) is 48.5 Å². The zero-order chi connectivity index (χ0) is 76.7. The average molecular weight is 1470 g/mol. The fourth-order valence-electron chi connectivity index (χ4n) is 12.2. The number of imidazole rings is 2. The molecular weight excluding hydrogens is 1390 g/mol. The third kappa shape index (κ3) is 22.3. The van der Waals surface area contributed by atoms with Gasteiger partial charge in [-0.3, -0.25) is 47.9 Å². The Labute approximate surface area is 614 Å². The summed E-state index contributed by atoms with van der Waals surface area (Å²) in [6.07, 6.45) is -3.74. The van der Waals surface area contributed by atoms with Gasteiger partial charge in [0.25, 0.3) is 11.8 Å². The summed E-state index contributed by atoms with van der Waals surface area (Å²) in [4.78, 5) is 195. The second kappa shape index (κ2) is 37.8. The first-order chi connectivity index (χ1) is 51.4. The number of aromatic amines is 2. The molecule has 0 aliphatic carbocycles. The van der Waals surface area contributed by atoms with E-state index in [9.17, 15) is 67.4 Å². The number of amides is 9. The maximum Gasteiger partial charge on any atom is 0.408 e. The molecule has 0 spiro atoms. The molecule has 2 aliphatic heterocycles. The molecule has 5 atom stereocenters. The van der Waals surface area contributed by atoms with Crippen LogP contribution in [0, 0.1) is 0 Å². The van der Waals surface area contributed by atoms with Crippen LogP contribution in [0.1, 0.15) is 113 Å². The number of benzene rings is 5. The molecule has 0 saturated heterocycles. The van der Waals surface area contributed by atoms with Gasteiger partial charge in [-0.25, -0.2) is 24.4 Å². The molecule has 7 aromatic rings. The molecular formula is C74H87N15O18. The normalized spacial score (nSPS) is 14.7. The summed E-state index contributed by atoms with van der Waals surface area (Å²) >= 11 is 0. The zero-order valence-electron chi connectivity index (χ0n) is 59.9. The maximum absolute atomic E-state index is 14.0. The quantitative estimate of drug-likeness (QED) is 0.0153. The highest BCUT2D eigenvalue weighted by molar-refractivity contribution is 5.98. The highest BCUT2D eigenvalue weighted by Crippen LogP contribution is 2.29. The molecule has 5 aromatic carbocycles. The first kappa shape index (κ1) is 78.7. The minimum Gasteiger partial charge on any atom is -0.480 e. The molecule has 2 aliphatic rings. The fraction of sp³-hybridized carbons (Fsp3) is 0.392. The van der Waals surface area contributed by atoms with Gasteiger partial charge in [0, 0.05) is 95.1 Å². The standard InChI is InChI=1S/C74H87N15O18/c1-86(41-60-79-51-17-9-10-18-52(51)80-60)68(96)45-21-23-49-47(35-45)39-88(70(98)58(77-49)37-65(93)104-3)33-13-31-75-62(90)28-26-56(72(100)101)84-67(95)55(85-74(103)107-43-44-15-7-6-8-16-44)25-30-64(92)83-57(73(102)106-5)27-29-63(91)76-32-14-34-89-40-48-36-46(22-24-50(48)78-59(71(89)99)38-66(94)105-4)69(97)87(2)42-61-81-53-19-11-12-20-54(53)82-61/h6-12,15-24,35-36,55-59,77-78H,13-14,25-34,37-43H2,1-5H3,(H,75,90)(H,76,91)(H,79,80)(H,81,82)(H,83,92)(H,84,95)(H,85,103)(H,100,101)/t55-,56-,57-,58-,59-/m0/s1. The van der Waals surface area contributed by atoms with Crippen molar-refractivity contribution in [2.45, 2.75) is 127 Å². The molecule has 0 unspecified atom stereocenters. The van der Waals surface area contributed by atoms with Crippen molar-refractivity contribution in [1.82, 2.24) is 66.1 Å². The number of carbonyl (C=O) groups is 13. The molecule has 566 valence electrons. The van der Waals surface area contributed by atoms with Crippen LogP contribution in [0.5, 0.6) is 0 Å². The lowest BCUT2D eigenvalue weighted by molar-refractivity contribution is -0.145. The Hall–Kier alpha value is -12.5. The highest BCUT2D eigenvalue weighted by atomic mass is 16.6. The molecule has 4 heterocycles. The maximum atomic E-state index is 14.0. The molecule has 33 heteroatoms. The number of carboxylic acid groups (broad SMARTS) is 1. The number of H-pyrrole nitrogens is 2. The Bertz CT molecular complexity index is 4350. The van der Waals surface area contributed by atoms with E-state index in [2.05, 4.69) is 57.2 Å². The summed E-state index contributed by atoms with van der Waals surface area (Å²) < 4.78 is 20.0. The second-order valence-corrected chi connectivity index (χ2v) is 25.8. The van der Waals surface area contributed by atoms with Crippen molar-refractivity contribution in [3.8, 4) is 0 Å². The first-order valence-electron chi connectivity index (χ1n) is 34.7. The van der Waals surface area contributed by atoms with Crippen molar-refractivity contribution >= 4 is 111 Å². The largest absolute Gasteiger partial charge is 0.480 e. The van der Waals surface area contributed by atoms with E-state index in [1.54, 1.807) is 80.8 Å². The van der Waals surface area contributed by atoms with Crippen LogP contribution >= 0.6 is 0 Å². The Morgan fingerprint density at radius 3 is 1.48 bits per heavy atom. The van der Waals surface area contributed by atoms with Crippen molar-refractivity contribution < 1.29 is 86.4 Å². The molecule has 0 saturated carbocycles. The topological polar surface area (TPSA) is 434 Å². The van der Waals surface area contributed by atoms with Gasteiger partial charge in [0.2, 0.25) is 35.4 Å². The number of carbonyl (C=O) groups excluding carboxylic acids is 12. The molecule has 0 radical (unpaired) electrons. The minimum atomic E-state index is -1.70. The third-order valence-corrected chi connectivity index (χ3v) is 17.9. The number of rotatable bonds is 35. The number of esters is 3. The number of aliphatic carboxylic acids is 1. The minimum absolute atomic E-state index is 0.00482. The van der Waals surface area contributed by atoms with Gasteiger partial charge in [-0.15, -0.1) is 0 Å². The lowest BCUT2D eigenvalue weighted by Gasteiger charge is -2.24. The summed E-state index contributed by atoms with van der Waals surface area (Å²) in [6.45, 7) is 0.433. The molecule has 9 rings (SSSR count). The Balaban J connectivity index is 0.751. The summed E-state index contributed by atoms with van der Waals surface area (Å²) in [5.74, 6) is -7.11. The predicted octanol–water partition coefficient (Wildman–Crippen LogP) is 3.93. The van der Waals surface area contributed by atoms with Gasteiger partial charge in [-0.1, -0.05) is 54.6 Å². The Kier molecular flexibility index (Phi) is 27.8. The molecule has 0 fully saturated rings. The first-order valence-corrected chi connectivity index (χ1v) is 34.7. The summed E-state index contributed by atoms with van der Waals surface area (Å²) in [7, 11) is 6.76. The number of alkyl carbamates (subject to hydrolysis) is 1. The van der Waals surface area contributed by atoms with Gasteiger partial charge in [0.05, 0.1) is 69.3 Å². The lowest BCUT2D eigenvalue weighted by atomic mass is 10.1. The summed E-state index contributed by atoms with van der Waals surface area (Å²) in [5.41, 5.74) is 6.65. The number of nitrogens with one attached hydrogen (secondary N) is 9. The highest BCUT2D eigenvalue weighted by Gasteiger charge is 2.35. The number of carboxylic acids is 1. The number of anilines is 2. The van der Waals surface area contributed by atoms with Crippen LogP contribution in [0.4, 0.5) is 16.2 Å². The van der Waals surface area contributed by atoms with E-state index in [-0.39, 0.29) is 109 Å². The number of methoxy groups -OCH3 is 3. The predicted molar refractivity (Wildman–Crippen MR) is 386 cm³/mol. The Morgan fingerprint density at radius 2 is 1.01 bits per heavy atom. The summed E-state index contributed by atoms with van der Waals surface area (Å²) in [5, 5.41) is 29.2. The number of para-hydroxylation sites is 4. The smallest absolute Gasteiger partial charge is 0.408 e. The Morgan fingerprint density at radius 1 is 0.551 bits per heavy atom. The number of ether oxygens (including phenoxy) is 4. The van der Waals surface area contributed by atoms with Crippen LogP contribution in [0.2, 0.25) is 0 Å². The van der Waals surface area contributed by atoms with E-state index in [0.29, 0.717) is 50.8 Å². The molecule has 107 heavy (non-hydrogen) atoms. The van der Waals surface area contributed by atoms with E-state index in [4.69, 9.17) is 18.9 Å². The molecule has 33 nitrogen and oxygen atoms in total. The van der Waals surface area contributed by atoms with Crippen molar-refractivity contribution in [2.75, 3.05) is 72.2 Å². The van der Waals surface area contributed by atoms with Crippen LogP contribution in [0.3, 0.4) is 0 Å². The lowest BCUT2D eigenvalue weighted by Crippen LogP contribution is -2.52. The number of nitrogens with zero attached hydrogens (tertiary/aromatic N) is 6. The monoisotopic (exact) mass is 1470 g/mol. The van der Waals surface area contributed by atoms with Crippen LogP contribution in [-0.4, -0.2) is 214 Å². The van der Waals surface area contributed by atoms with Crippen molar-refractivity contribution in [1.29, 1.82) is 0 Å². The van der Waals surface area contributed by atoms with E-state index >= 15 is 0 Å². The van der Waals surface area contributed by atoms with Crippen LogP contribution < -0.4 is 37.2 Å².